The van der Waals surface area contributed by atoms with Crippen LogP contribution in [0.5, 0.6) is 0 Å². The molecule has 0 spiro atoms. The van der Waals surface area contributed by atoms with Crippen LogP contribution in [0.15, 0.2) is 53.3 Å². The lowest BCUT2D eigenvalue weighted by molar-refractivity contribution is -0.129. The molecular weight excluding hydrogens is 351 g/mol. The van der Waals surface area contributed by atoms with Gasteiger partial charge in [0.25, 0.3) is 11.5 Å². The van der Waals surface area contributed by atoms with Crippen LogP contribution < -0.4 is 10.9 Å². The molecule has 0 aliphatic heterocycles. The van der Waals surface area contributed by atoms with Gasteiger partial charge < -0.3 is 15.2 Å². The zero-order valence-corrected chi connectivity index (χ0v) is 14.5. The summed E-state index contributed by atoms with van der Waals surface area (Å²) in [5.74, 6) is -1.12. The van der Waals surface area contributed by atoms with Gasteiger partial charge in [-0.3, -0.25) is 14.4 Å². The first-order valence-electron chi connectivity index (χ1n) is 8.19. The number of carbonyl (C=O) groups is 2. The zero-order chi connectivity index (χ0) is 19.4. The molecule has 1 aromatic heterocycles. The number of aromatic amines is 1. The van der Waals surface area contributed by atoms with Crippen LogP contribution in [0.2, 0.25) is 0 Å². The molecule has 2 aromatic carbocycles. The standard InChI is InChI=1S/C19H17FN4O3/c1-24(11-16-22-15-8-3-2-7-14(15)19(27)23-16)17(25)10-21-18(26)12-5-4-6-13(20)9-12/h2-9H,10-11H2,1H3,(H,21,26)(H,22,23,27). The Balaban J connectivity index is 1.62. The number of hydrogen-bond donors (Lipinski definition) is 2. The summed E-state index contributed by atoms with van der Waals surface area (Å²) >= 11 is 0. The predicted molar refractivity (Wildman–Crippen MR) is 97.6 cm³/mol. The number of hydrogen-bond acceptors (Lipinski definition) is 4. The highest BCUT2D eigenvalue weighted by Crippen LogP contribution is 2.07. The van der Waals surface area contributed by atoms with Gasteiger partial charge in [0, 0.05) is 12.6 Å². The maximum Gasteiger partial charge on any atom is 0.258 e. The zero-order valence-electron chi connectivity index (χ0n) is 14.5. The summed E-state index contributed by atoms with van der Waals surface area (Å²) in [6.45, 7) is -0.182. The minimum Gasteiger partial charge on any atom is -0.343 e. The maximum absolute atomic E-state index is 13.1. The van der Waals surface area contributed by atoms with Crippen molar-refractivity contribution in [2.24, 2.45) is 0 Å². The molecule has 8 heteroatoms. The molecule has 2 N–H and O–H groups in total. The van der Waals surface area contributed by atoms with Gasteiger partial charge >= 0.3 is 0 Å². The van der Waals surface area contributed by atoms with Crippen LogP contribution in [-0.2, 0) is 11.3 Å². The highest BCUT2D eigenvalue weighted by atomic mass is 19.1. The van der Waals surface area contributed by atoms with Crippen LogP contribution in [0.25, 0.3) is 10.9 Å². The lowest BCUT2D eigenvalue weighted by Crippen LogP contribution is -2.38. The van der Waals surface area contributed by atoms with Crippen molar-refractivity contribution in [2.75, 3.05) is 13.6 Å². The second-order valence-corrected chi connectivity index (χ2v) is 5.97. The van der Waals surface area contributed by atoms with Gasteiger partial charge in [-0.2, -0.15) is 0 Å². The topological polar surface area (TPSA) is 95.2 Å². The minimum absolute atomic E-state index is 0.0781. The highest BCUT2D eigenvalue weighted by Gasteiger charge is 2.14. The summed E-state index contributed by atoms with van der Waals surface area (Å²) in [7, 11) is 1.53. The number of rotatable bonds is 5. The molecule has 0 aliphatic rings. The van der Waals surface area contributed by atoms with Crippen molar-refractivity contribution in [2.45, 2.75) is 6.54 Å². The van der Waals surface area contributed by atoms with E-state index in [9.17, 15) is 18.8 Å². The molecule has 3 aromatic rings. The van der Waals surface area contributed by atoms with Crippen molar-refractivity contribution >= 4 is 22.7 Å². The molecule has 0 unspecified atom stereocenters. The Hall–Kier alpha value is -3.55. The van der Waals surface area contributed by atoms with Gasteiger partial charge in [-0.15, -0.1) is 0 Å². The lowest BCUT2D eigenvalue weighted by Gasteiger charge is -2.17. The van der Waals surface area contributed by atoms with Crippen molar-refractivity contribution in [3.05, 3.63) is 76.1 Å². The number of nitrogens with zero attached hydrogens (tertiary/aromatic N) is 2. The van der Waals surface area contributed by atoms with Gasteiger partial charge in [-0.25, -0.2) is 9.37 Å². The minimum atomic E-state index is -0.548. The average Bonchev–Trinajstić information content (AvgIpc) is 2.65. The molecule has 0 radical (unpaired) electrons. The molecule has 0 saturated heterocycles. The molecule has 27 heavy (non-hydrogen) atoms. The first kappa shape index (κ1) is 18.2. The average molecular weight is 368 g/mol. The van der Waals surface area contributed by atoms with Gasteiger partial charge in [0.15, 0.2) is 0 Å². The number of carbonyl (C=O) groups excluding carboxylic acids is 2. The third-order valence-corrected chi connectivity index (χ3v) is 3.96. The molecule has 0 atom stereocenters. The quantitative estimate of drug-likeness (QED) is 0.713. The molecule has 1 heterocycles. The Morgan fingerprint density at radius 1 is 1.19 bits per heavy atom. The smallest absolute Gasteiger partial charge is 0.258 e. The molecule has 0 aliphatic carbocycles. The Bertz CT molecular complexity index is 1060. The molecular formula is C19H17FN4O3. The molecule has 2 amide bonds. The summed E-state index contributed by atoms with van der Waals surface area (Å²) < 4.78 is 13.1. The van der Waals surface area contributed by atoms with Crippen LogP contribution in [-0.4, -0.2) is 40.3 Å². The van der Waals surface area contributed by atoms with Crippen molar-refractivity contribution in [1.82, 2.24) is 20.2 Å². The summed E-state index contributed by atoms with van der Waals surface area (Å²) in [4.78, 5) is 44.6. The van der Waals surface area contributed by atoms with Crippen LogP contribution in [0.1, 0.15) is 16.2 Å². The molecule has 0 fully saturated rings. The Labute approximate surface area is 153 Å². The van der Waals surface area contributed by atoms with Gasteiger partial charge in [0.05, 0.1) is 24.0 Å². The van der Waals surface area contributed by atoms with Crippen LogP contribution in [0.4, 0.5) is 4.39 Å². The van der Waals surface area contributed by atoms with Gasteiger partial charge in [-0.1, -0.05) is 18.2 Å². The predicted octanol–water partition coefficient (Wildman–Crippen LogP) is 1.45. The van der Waals surface area contributed by atoms with E-state index in [-0.39, 0.29) is 30.1 Å². The van der Waals surface area contributed by atoms with Gasteiger partial charge in [0.2, 0.25) is 5.91 Å². The van der Waals surface area contributed by atoms with E-state index < -0.39 is 11.7 Å². The Morgan fingerprint density at radius 2 is 1.96 bits per heavy atom. The van der Waals surface area contributed by atoms with E-state index >= 15 is 0 Å². The van der Waals surface area contributed by atoms with Crippen molar-refractivity contribution < 1.29 is 14.0 Å². The number of nitrogens with one attached hydrogen (secondary N) is 2. The van der Waals surface area contributed by atoms with Gasteiger partial charge in [0.1, 0.15) is 11.6 Å². The number of halogens is 1. The Morgan fingerprint density at radius 3 is 2.74 bits per heavy atom. The summed E-state index contributed by atoms with van der Waals surface area (Å²) in [5, 5.41) is 2.91. The van der Waals surface area contributed by atoms with E-state index in [0.717, 1.165) is 6.07 Å². The fraction of sp³-hybridized carbons (Fsp3) is 0.158. The third kappa shape index (κ3) is 4.35. The monoisotopic (exact) mass is 368 g/mol. The van der Waals surface area contributed by atoms with E-state index in [1.54, 1.807) is 24.3 Å². The highest BCUT2D eigenvalue weighted by molar-refractivity contribution is 5.96. The number of amides is 2. The third-order valence-electron chi connectivity index (χ3n) is 3.96. The van der Waals surface area contributed by atoms with E-state index in [2.05, 4.69) is 15.3 Å². The Kier molecular flexibility index (Phi) is 5.25. The summed E-state index contributed by atoms with van der Waals surface area (Å²) in [6, 6.07) is 12.1. The van der Waals surface area contributed by atoms with Crippen LogP contribution in [0, 0.1) is 5.82 Å². The maximum atomic E-state index is 13.1. The first-order valence-corrected chi connectivity index (χ1v) is 8.19. The molecule has 0 saturated carbocycles. The number of aromatic nitrogens is 2. The van der Waals surface area contributed by atoms with E-state index in [1.807, 2.05) is 0 Å². The SMILES string of the molecule is CN(Cc1nc2ccccc2c(=O)[nH]1)C(=O)CNC(=O)c1cccc(F)c1. The fourth-order valence-electron chi connectivity index (χ4n) is 2.55. The lowest BCUT2D eigenvalue weighted by atomic mass is 10.2. The number of para-hydroxylation sites is 1. The van der Waals surface area contributed by atoms with Crippen molar-refractivity contribution in [3.8, 4) is 0 Å². The normalized spacial score (nSPS) is 10.6. The van der Waals surface area contributed by atoms with Crippen molar-refractivity contribution in [1.29, 1.82) is 0 Å². The van der Waals surface area contributed by atoms with Crippen LogP contribution in [0.3, 0.4) is 0 Å². The van der Waals surface area contributed by atoms with E-state index in [4.69, 9.17) is 0 Å². The molecule has 138 valence electrons. The van der Waals surface area contributed by atoms with Crippen LogP contribution >= 0.6 is 0 Å². The molecule has 7 nitrogen and oxygen atoms in total. The fourth-order valence-corrected chi connectivity index (χ4v) is 2.55. The summed E-state index contributed by atoms with van der Waals surface area (Å²) in [6.07, 6.45) is 0. The van der Waals surface area contributed by atoms with E-state index in [1.165, 1.54) is 30.1 Å². The van der Waals surface area contributed by atoms with Gasteiger partial charge in [-0.05, 0) is 30.3 Å². The largest absolute Gasteiger partial charge is 0.343 e. The molecule has 3 rings (SSSR count). The number of likely N-dealkylation sites (N-methyl/N-ethyl adjacent to an activating group) is 1. The molecule has 0 bridgehead atoms. The second-order valence-electron chi connectivity index (χ2n) is 5.97. The van der Waals surface area contributed by atoms with Crippen molar-refractivity contribution in [3.63, 3.8) is 0 Å². The van der Waals surface area contributed by atoms with E-state index in [0.29, 0.717) is 16.7 Å². The second kappa shape index (κ2) is 7.77. The number of H-pyrrole nitrogens is 1. The number of benzene rings is 2. The first-order chi connectivity index (χ1) is 12.9. The summed E-state index contributed by atoms with van der Waals surface area (Å²) in [5.41, 5.74) is 0.387. The number of fused-ring (bicyclic) bond motifs is 1.